The molecule has 0 fully saturated rings. The molecule has 0 saturated heterocycles. The van der Waals surface area contributed by atoms with E-state index >= 15 is 0 Å². The molecule has 2 aromatic heterocycles. The topological polar surface area (TPSA) is 38.7 Å². The highest BCUT2D eigenvalue weighted by atomic mass is 14.9. The molecule has 0 saturated carbocycles. The van der Waals surface area contributed by atoms with Crippen LogP contribution in [0.4, 0.5) is 0 Å². The molecule has 85 heavy (non-hydrogen) atoms. The van der Waals surface area contributed by atoms with Crippen LogP contribution in [0.5, 0.6) is 0 Å². The van der Waals surface area contributed by atoms with Crippen LogP contribution in [0.2, 0.25) is 0 Å². The molecule has 13 aromatic carbocycles. The van der Waals surface area contributed by atoms with Crippen molar-refractivity contribution in [2.75, 3.05) is 0 Å². The van der Waals surface area contributed by atoms with Gasteiger partial charge in [-0.1, -0.05) is 255 Å². The van der Waals surface area contributed by atoms with E-state index in [9.17, 15) is 0 Å². The van der Waals surface area contributed by atoms with Crippen molar-refractivity contribution in [3.63, 3.8) is 0 Å². The van der Waals surface area contributed by atoms with Crippen molar-refractivity contribution >= 4 is 55.0 Å². The molecule has 1 unspecified atom stereocenters. The molecule has 0 amide bonds. The number of pyridine rings is 1. The maximum Gasteiger partial charge on any atom is 0.160 e. The first-order valence-electron chi connectivity index (χ1n) is 29.3. The summed E-state index contributed by atoms with van der Waals surface area (Å²) in [5, 5.41) is 7.02. The molecule has 1 atom stereocenters. The van der Waals surface area contributed by atoms with Crippen LogP contribution in [-0.2, 0) is 0 Å². The molecular formula is C82H49N3. The average molecular weight is 1080 g/mol. The van der Waals surface area contributed by atoms with E-state index in [0.29, 0.717) is 5.82 Å². The van der Waals surface area contributed by atoms with E-state index in [0.717, 1.165) is 77.7 Å². The van der Waals surface area contributed by atoms with Gasteiger partial charge in [-0.2, -0.15) is 0 Å². The first-order valence-corrected chi connectivity index (χ1v) is 29.3. The minimum Gasteiger partial charge on any atom is -0.247 e. The third-order valence-corrected chi connectivity index (χ3v) is 18.2. The summed E-state index contributed by atoms with van der Waals surface area (Å²) < 4.78 is 0. The van der Waals surface area contributed by atoms with Crippen LogP contribution in [-0.4, -0.2) is 15.0 Å². The molecule has 3 nitrogen and oxygen atoms in total. The Balaban J connectivity index is 0.925. The van der Waals surface area contributed by atoms with E-state index < -0.39 is 0 Å². The number of allylic oxidation sites excluding steroid dienone is 1. The Morgan fingerprint density at radius 2 is 0.812 bits per heavy atom. The van der Waals surface area contributed by atoms with Crippen LogP contribution in [0, 0.1) is 0 Å². The summed E-state index contributed by atoms with van der Waals surface area (Å²) in [5.74, 6) is 0.708. The number of hydrogen-bond donors (Lipinski definition) is 0. The molecule has 3 aliphatic rings. The fourth-order valence-corrected chi connectivity index (χ4v) is 14.4. The summed E-state index contributed by atoms with van der Waals surface area (Å²) in [7, 11) is 0. The first kappa shape index (κ1) is 47.5. The van der Waals surface area contributed by atoms with Gasteiger partial charge in [0.25, 0.3) is 0 Å². The van der Waals surface area contributed by atoms with Crippen LogP contribution >= 0.6 is 0 Å². The predicted octanol–water partition coefficient (Wildman–Crippen LogP) is 21.5. The average Bonchev–Trinajstić information content (AvgIpc) is 3.84. The van der Waals surface area contributed by atoms with Crippen molar-refractivity contribution in [3.8, 4) is 112 Å². The molecule has 0 N–H and O–H groups in total. The number of rotatable bonds is 8. The monoisotopic (exact) mass is 1080 g/mol. The van der Waals surface area contributed by atoms with Gasteiger partial charge in [-0.25, -0.2) is 15.0 Å². The summed E-state index contributed by atoms with van der Waals surface area (Å²) in [4.78, 5) is 17.2. The summed E-state index contributed by atoms with van der Waals surface area (Å²) in [6.45, 7) is 0. The zero-order chi connectivity index (χ0) is 55.7. The highest BCUT2D eigenvalue weighted by molar-refractivity contribution is 6.22. The Kier molecular flexibility index (Phi) is 10.5. The minimum atomic E-state index is 0.0710. The second-order valence-electron chi connectivity index (χ2n) is 22.9. The van der Waals surface area contributed by atoms with Gasteiger partial charge in [0, 0.05) is 44.5 Å². The normalized spacial score (nSPS) is 13.4. The molecule has 3 heteroatoms. The number of fused-ring (bicyclic) bond motifs is 9. The van der Waals surface area contributed by atoms with Crippen molar-refractivity contribution < 1.29 is 0 Å². The smallest absolute Gasteiger partial charge is 0.160 e. The highest BCUT2D eigenvalue weighted by Crippen LogP contribution is 2.54. The second-order valence-corrected chi connectivity index (χ2v) is 22.9. The van der Waals surface area contributed by atoms with Gasteiger partial charge in [-0.05, 0) is 153 Å². The molecule has 18 rings (SSSR count). The predicted molar refractivity (Wildman–Crippen MR) is 354 cm³/mol. The zero-order valence-electron chi connectivity index (χ0n) is 46.1. The Morgan fingerprint density at radius 1 is 0.271 bits per heavy atom. The maximum absolute atomic E-state index is 5.85. The molecule has 3 aliphatic carbocycles. The fraction of sp³-hybridized carbons (Fsp3) is 0.0122. The van der Waals surface area contributed by atoms with Crippen LogP contribution in [0.3, 0.4) is 0 Å². The van der Waals surface area contributed by atoms with E-state index in [4.69, 9.17) is 15.0 Å². The van der Waals surface area contributed by atoms with Gasteiger partial charge in [0.15, 0.2) is 5.82 Å². The van der Waals surface area contributed by atoms with Crippen LogP contribution in [0.1, 0.15) is 28.2 Å². The van der Waals surface area contributed by atoms with Crippen molar-refractivity contribution in [1.82, 2.24) is 15.0 Å². The number of hydrogen-bond acceptors (Lipinski definition) is 3. The maximum atomic E-state index is 5.85. The Morgan fingerprint density at radius 3 is 1.47 bits per heavy atom. The molecule has 0 bridgehead atoms. The molecule has 0 radical (unpaired) electrons. The number of benzene rings is 13. The molecule has 0 aliphatic heterocycles. The second kappa shape index (κ2) is 18.7. The summed E-state index contributed by atoms with van der Waals surface area (Å²) >= 11 is 0. The number of nitrogens with zero attached hydrogens (tertiary/aromatic N) is 3. The van der Waals surface area contributed by atoms with E-state index in [1.165, 1.54) is 99.4 Å². The minimum absolute atomic E-state index is 0.0710. The van der Waals surface area contributed by atoms with Gasteiger partial charge >= 0.3 is 0 Å². The lowest BCUT2D eigenvalue weighted by molar-refractivity contribution is 1.07. The molecule has 0 spiro atoms. The van der Waals surface area contributed by atoms with Crippen molar-refractivity contribution in [2.45, 2.75) is 5.92 Å². The Bertz CT molecular complexity index is 5280. The van der Waals surface area contributed by atoms with Gasteiger partial charge in [0.05, 0.1) is 22.4 Å². The highest BCUT2D eigenvalue weighted by Gasteiger charge is 2.31. The van der Waals surface area contributed by atoms with Crippen molar-refractivity contribution in [1.29, 1.82) is 0 Å². The lowest BCUT2D eigenvalue weighted by Gasteiger charge is -2.19. The Hall–Kier alpha value is -11.1. The molecule has 392 valence electrons. The number of aromatic nitrogens is 3. The van der Waals surface area contributed by atoms with Gasteiger partial charge < -0.3 is 0 Å². The fourth-order valence-electron chi connectivity index (χ4n) is 14.4. The quantitative estimate of drug-likeness (QED) is 0.152. The SMILES string of the molecule is C1=C(c2ccccc2)C(c2ccccc2)c2ccc(-c3nc(-c4ccc5cc(-c6ccccc6)c(-c6ccccc6)nc5c4)nc4c(-c5ccc6c7c(cccc57)-c5ccccc5-6)cc(-c5ccc6c7c(cccc57)-c5ccccc5-6)cc34)cc21. The summed E-state index contributed by atoms with van der Waals surface area (Å²) in [6, 6.07) is 104. The first-order chi connectivity index (χ1) is 42.1. The van der Waals surface area contributed by atoms with E-state index in [1.54, 1.807) is 0 Å². The van der Waals surface area contributed by atoms with Gasteiger partial charge in [0.2, 0.25) is 0 Å². The van der Waals surface area contributed by atoms with Crippen LogP contribution in [0.25, 0.3) is 167 Å². The largest absolute Gasteiger partial charge is 0.247 e. The summed E-state index contributed by atoms with van der Waals surface area (Å²) in [5.41, 5.74) is 29.6. The van der Waals surface area contributed by atoms with Crippen molar-refractivity contribution in [3.05, 3.63) is 307 Å². The molecular weight excluding hydrogens is 1030 g/mol. The Labute approximate surface area is 492 Å². The molecule has 2 heterocycles. The third-order valence-electron chi connectivity index (χ3n) is 18.2. The van der Waals surface area contributed by atoms with Crippen LogP contribution < -0.4 is 0 Å². The van der Waals surface area contributed by atoms with Gasteiger partial charge in [-0.3, -0.25) is 0 Å². The van der Waals surface area contributed by atoms with Crippen molar-refractivity contribution in [2.24, 2.45) is 0 Å². The molecule has 15 aromatic rings. The van der Waals surface area contributed by atoms with Crippen LogP contribution in [0.15, 0.2) is 285 Å². The zero-order valence-corrected chi connectivity index (χ0v) is 46.1. The third kappa shape index (κ3) is 7.37. The lowest BCUT2D eigenvalue weighted by atomic mass is 9.85. The van der Waals surface area contributed by atoms with E-state index in [-0.39, 0.29) is 5.92 Å². The van der Waals surface area contributed by atoms with E-state index in [2.05, 4.69) is 291 Å². The lowest BCUT2D eigenvalue weighted by Crippen LogP contribution is -2.02. The van der Waals surface area contributed by atoms with E-state index in [1.807, 2.05) is 0 Å². The van der Waals surface area contributed by atoms with Gasteiger partial charge in [0.1, 0.15) is 0 Å². The van der Waals surface area contributed by atoms with Gasteiger partial charge in [-0.15, -0.1) is 0 Å². The standard InChI is InChI=1S/C82H49N3/c1-5-19-49(20-6-1)71-45-56-43-54(37-38-59(56)76(71)51-23-9-3-10-24-51)80-74-47-57(58-39-41-69-62-29-15-13-27-60(62)66-32-17-31-65(58)77(66)69)46-73(64-40-42-70-63-30-16-14-28-61(63)67-33-18-34-68(64)78(67)70)81(74)85-82(84-80)55-36-35-53-44-72(50-21-7-2-8-22-50)79(83-75(53)48-55)52-25-11-4-12-26-52/h1-48,76H. The summed E-state index contributed by atoms with van der Waals surface area (Å²) in [6.07, 6.45) is 2.41.